The maximum absolute atomic E-state index is 11.2. The van der Waals surface area contributed by atoms with Gasteiger partial charge < -0.3 is 14.6 Å². The van der Waals surface area contributed by atoms with E-state index in [1.807, 2.05) is 0 Å². The molecule has 0 aliphatic heterocycles. The van der Waals surface area contributed by atoms with Crippen LogP contribution in [0.4, 0.5) is 0 Å². The minimum absolute atomic E-state index is 0.0547. The number of nitro groups is 1. The van der Waals surface area contributed by atoms with Gasteiger partial charge in [0.1, 0.15) is 6.61 Å². The Morgan fingerprint density at radius 2 is 1.50 bits per heavy atom. The fourth-order valence-electron chi connectivity index (χ4n) is 0.942. The molecule has 0 bridgehead atoms. The summed E-state index contributed by atoms with van der Waals surface area (Å²) < 4.78 is 9.32. The van der Waals surface area contributed by atoms with Crippen LogP contribution in [0.3, 0.4) is 0 Å². The van der Waals surface area contributed by atoms with Gasteiger partial charge in [0.15, 0.2) is 13.2 Å². The van der Waals surface area contributed by atoms with Crippen molar-refractivity contribution in [2.45, 2.75) is 19.4 Å². The summed E-state index contributed by atoms with van der Waals surface area (Å²) in [6, 6.07) is 0. The van der Waals surface area contributed by atoms with Gasteiger partial charge in [-0.2, -0.15) is 0 Å². The second kappa shape index (κ2) is 7.39. The standard InChI is InChI=1S/C12H17NO7/c1-8(2)10(15)19-6-12(5-14,13(17)18)7-20-11(16)9(3)4/h14H,1,3,5-7H2,2,4H3. The summed E-state index contributed by atoms with van der Waals surface area (Å²) in [4.78, 5) is 32.6. The number of nitrogens with zero attached hydrogens (tertiary/aromatic N) is 1. The number of aliphatic hydroxyl groups excluding tert-OH is 1. The Balaban J connectivity index is 4.88. The van der Waals surface area contributed by atoms with Crippen LogP contribution in [0.2, 0.25) is 0 Å². The first-order valence-corrected chi connectivity index (χ1v) is 5.57. The molecule has 8 nitrogen and oxygen atoms in total. The SMILES string of the molecule is C=C(C)C(=O)OCC(CO)(COC(=O)C(=C)C)[N+](=O)[O-]. The van der Waals surface area contributed by atoms with Gasteiger partial charge in [0, 0.05) is 16.1 Å². The quantitative estimate of drug-likeness (QED) is 0.294. The van der Waals surface area contributed by atoms with E-state index in [9.17, 15) is 24.8 Å². The summed E-state index contributed by atoms with van der Waals surface area (Å²) in [6.07, 6.45) is 0. The van der Waals surface area contributed by atoms with Gasteiger partial charge in [0.25, 0.3) is 0 Å². The minimum Gasteiger partial charge on any atom is -0.454 e. The molecule has 112 valence electrons. The lowest BCUT2D eigenvalue weighted by atomic mass is 10.1. The van der Waals surface area contributed by atoms with E-state index >= 15 is 0 Å². The summed E-state index contributed by atoms with van der Waals surface area (Å²) in [7, 11) is 0. The first-order valence-electron chi connectivity index (χ1n) is 5.57. The number of carbonyl (C=O) groups excluding carboxylic acids is 2. The van der Waals surface area contributed by atoms with Crippen molar-refractivity contribution in [3.8, 4) is 0 Å². The zero-order valence-corrected chi connectivity index (χ0v) is 11.4. The number of ether oxygens (including phenoxy) is 2. The maximum Gasteiger partial charge on any atom is 0.333 e. The molecule has 0 atom stereocenters. The first-order chi connectivity index (χ1) is 9.16. The Labute approximate surface area is 115 Å². The number of rotatable bonds is 8. The van der Waals surface area contributed by atoms with Crippen molar-refractivity contribution < 1.29 is 29.1 Å². The molecule has 0 aromatic rings. The third-order valence-electron chi connectivity index (χ3n) is 2.32. The predicted molar refractivity (Wildman–Crippen MR) is 68.4 cm³/mol. The van der Waals surface area contributed by atoms with Gasteiger partial charge >= 0.3 is 17.5 Å². The number of hydrogen-bond donors (Lipinski definition) is 1. The van der Waals surface area contributed by atoms with Crippen LogP contribution in [0.15, 0.2) is 24.3 Å². The van der Waals surface area contributed by atoms with Gasteiger partial charge in [-0.05, 0) is 13.8 Å². The smallest absolute Gasteiger partial charge is 0.333 e. The van der Waals surface area contributed by atoms with Crippen LogP contribution in [0.5, 0.6) is 0 Å². The molecule has 0 fully saturated rings. The monoisotopic (exact) mass is 287 g/mol. The molecular formula is C12H17NO7. The Hall–Kier alpha value is -2.22. The highest BCUT2D eigenvalue weighted by Crippen LogP contribution is 2.13. The maximum atomic E-state index is 11.2. The second-order valence-electron chi connectivity index (χ2n) is 4.35. The highest BCUT2D eigenvalue weighted by atomic mass is 16.6. The molecular weight excluding hydrogens is 270 g/mol. The molecule has 0 aromatic heterocycles. The normalized spacial score (nSPS) is 10.6. The lowest BCUT2D eigenvalue weighted by Crippen LogP contribution is -2.51. The van der Waals surface area contributed by atoms with Crippen molar-refractivity contribution >= 4 is 11.9 Å². The van der Waals surface area contributed by atoms with Gasteiger partial charge in [0.05, 0.1) is 0 Å². The van der Waals surface area contributed by atoms with Crippen molar-refractivity contribution in [3.05, 3.63) is 34.4 Å². The molecule has 0 aliphatic rings. The molecule has 0 spiro atoms. The molecule has 0 saturated carbocycles. The summed E-state index contributed by atoms with van der Waals surface area (Å²) >= 11 is 0. The summed E-state index contributed by atoms with van der Waals surface area (Å²) in [5.41, 5.74) is -2.01. The topological polar surface area (TPSA) is 116 Å². The number of carbonyl (C=O) groups is 2. The summed E-state index contributed by atoms with van der Waals surface area (Å²) in [5, 5.41) is 20.2. The lowest BCUT2D eigenvalue weighted by Gasteiger charge is -2.22. The van der Waals surface area contributed by atoms with Crippen molar-refractivity contribution in [1.29, 1.82) is 0 Å². The van der Waals surface area contributed by atoms with Crippen LogP contribution in [0, 0.1) is 10.1 Å². The molecule has 0 saturated heterocycles. The van der Waals surface area contributed by atoms with Crippen LogP contribution in [-0.4, -0.2) is 47.3 Å². The average molecular weight is 287 g/mol. The first kappa shape index (κ1) is 17.8. The average Bonchev–Trinajstić information content (AvgIpc) is 2.37. The van der Waals surface area contributed by atoms with Gasteiger partial charge in [0.2, 0.25) is 0 Å². The van der Waals surface area contributed by atoms with Crippen molar-refractivity contribution in [3.63, 3.8) is 0 Å². The minimum atomic E-state index is -2.11. The summed E-state index contributed by atoms with van der Waals surface area (Å²) in [6.45, 7) is 6.93. The van der Waals surface area contributed by atoms with Gasteiger partial charge in [-0.25, -0.2) is 9.59 Å². The van der Waals surface area contributed by atoms with Crippen LogP contribution in [-0.2, 0) is 19.1 Å². The molecule has 0 aliphatic carbocycles. The fraction of sp³-hybridized carbons (Fsp3) is 0.500. The van der Waals surface area contributed by atoms with Gasteiger partial charge in [-0.3, -0.25) is 10.1 Å². The molecule has 0 aromatic carbocycles. The molecule has 20 heavy (non-hydrogen) atoms. The number of esters is 2. The molecule has 0 radical (unpaired) electrons. The highest BCUT2D eigenvalue weighted by molar-refractivity contribution is 5.87. The molecule has 0 unspecified atom stereocenters. The highest BCUT2D eigenvalue weighted by Gasteiger charge is 2.46. The van der Waals surface area contributed by atoms with Crippen molar-refractivity contribution in [2.24, 2.45) is 0 Å². The number of aliphatic hydroxyl groups is 1. The third kappa shape index (κ3) is 4.81. The Morgan fingerprint density at radius 1 is 1.15 bits per heavy atom. The zero-order valence-electron chi connectivity index (χ0n) is 11.4. The molecule has 0 amide bonds. The van der Waals surface area contributed by atoms with Gasteiger partial charge in [-0.1, -0.05) is 13.2 Å². The van der Waals surface area contributed by atoms with Crippen LogP contribution in [0.1, 0.15) is 13.8 Å². The van der Waals surface area contributed by atoms with E-state index in [1.54, 1.807) is 0 Å². The Kier molecular flexibility index (Phi) is 6.57. The predicted octanol–water partition coefficient (Wildman–Crippen LogP) is 0.233. The van der Waals surface area contributed by atoms with E-state index in [4.69, 9.17) is 0 Å². The van der Waals surface area contributed by atoms with Crippen LogP contribution in [0.25, 0.3) is 0 Å². The number of hydrogen-bond acceptors (Lipinski definition) is 7. The van der Waals surface area contributed by atoms with Crippen LogP contribution >= 0.6 is 0 Å². The van der Waals surface area contributed by atoms with E-state index in [1.165, 1.54) is 13.8 Å². The Morgan fingerprint density at radius 3 is 1.70 bits per heavy atom. The summed E-state index contributed by atoms with van der Waals surface area (Å²) in [5.74, 6) is -1.67. The zero-order chi connectivity index (χ0) is 15.9. The van der Waals surface area contributed by atoms with E-state index in [0.717, 1.165) is 0 Å². The lowest BCUT2D eigenvalue weighted by molar-refractivity contribution is -0.579. The largest absolute Gasteiger partial charge is 0.454 e. The van der Waals surface area contributed by atoms with Gasteiger partial charge in [-0.15, -0.1) is 0 Å². The molecule has 8 heteroatoms. The fourth-order valence-corrected chi connectivity index (χ4v) is 0.942. The van der Waals surface area contributed by atoms with E-state index in [-0.39, 0.29) is 11.1 Å². The van der Waals surface area contributed by atoms with E-state index in [0.29, 0.717) is 0 Å². The Bertz CT molecular complexity index is 411. The van der Waals surface area contributed by atoms with Crippen molar-refractivity contribution in [2.75, 3.05) is 19.8 Å². The molecule has 0 rings (SSSR count). The molecule has 1 N–H and O–H groups in total. The van der Waals surface area contributed by atoms with E-state index < -0.39 is 42.2 Å². The third-order valence-corrected chi connectivity index (χ3v) is 2.32. The van der Waals surface area contributed by atoms with E-state index in [2.05, 4.69) is 22.6 Å². The molecule has 0 heterocycles. The van der Waals surface area contributed by atoms with Crippen molar-refractivity contribution in [1.82, 2.24) is 0 Å². The van der Waals surface area contributed by atoms with Crippen LogP contribution < -0.4 is 0 Å². The second-order valence-corrected chi connectivity index (χ2v) is 4.35.